The van der Waals surface area contributed by atoms with Crippen LogP contribution in [0.1, 0.15) is 155 Å². The molecule has 2 aromatic rings. The predicted octanol–water partition coefficient (Wildman–Crippen LogP) is 16.4. The van der Waals surface area contributed by atoms with E-state index in [1.54, 1.807) is 18.9 Å². The van der Waals surface area contributed by atoms with Crippen LogP contribution in [0.4, 0.5) is 0 Å². The van der Waals surface area contributed by atoms with E-state index in [9.17, 15) is 0 Å². The number of methoxy groups -OCH3 is 1. The van der Waals surface area contributed by atoms with Gasteiger partial charge in [0, 0.05) is 25.0 Å². The third kappa shape index (κ3) is 50.9. The van der Waals surface area contributed by atoms with E-state index < -0.39 is 8.32 Å². The molecule has 0 spiro atoms. The van der Waals surface area contributed by atoms with Crippen molar-refractivity contribution in [2.45, 2.75) is 176 Å². The van der Waals surface area contributed by atoms with Crippen molar-refractivity contribution >= 4 is 32.3 Å². The summed E-state index contributed by atoms with van der Waals surface area (Å²) in [5.41, 5.74) is 3.92. The average Bonchev–Trinajstić information content (AvgIpc) is 3.70. The van der Waals surface area contributed by atoms with E-state index >= 15 is 0 Å². The second-order valence-corrected chi connectivity index (χ2v) is 28.8. The number of furan rings is 1. The van der Waals surface area contributed by atoms with Crippen LogP contribution in [0.2, 0.25) is 19.6 Å². The first-order valence-corrected chi connectivity index (χ1v) is 25.1. The standard InChI is InChI=1S/C10H16.C9H14O.C9H14S.C8H20OSi.C6H14O.C6H14S/c1-10(2,3)8-9-6-4-5-7-9;2*1-9(2,3)7-8-5-4-6-10-8;1-8(2,3)7-9-10(4,5)6;1-6(2,3)5-7-4;1-6(2,3)4-5-7/h4-6H,7-8H2,1-3H3;2*4-6H,7H2,1-3H3;7H2,1-6H3;5H2,1-4H3;7H,4-5H2,1-3H3. The van der Waals surface area contributed by atoms with E-state index in [1.165, 1.54) is 30.6 Å². The van der Waals surface area contributed by atoms with Gasteiger partial charge in [0.2, 0.25) is 0 Å². The SMILES string of the molecule is CC(C)(C)CC1=CC=CC1.CC(C)(C)CCS.CC(C)(C)CO[Si](C)(C)C.CC(C)(C)Cc1ccco1.CC(C)(C)Cc1cccs1.COCC(C)(C)C. The topological polar surface area (TPSA) is 31.6 Å². The minimum Gasteiger partial charge on any atom is -0.469 e. The van der Waals surface area contributed by atoms with Gasteiger partial charge in [-0.3, -0.25) is 0 Å². The zero-order valence-electron chi connectivity index (χ0n) is 39.9. The van der Waals surface area contributed by atoms with Crippen molar-refractivity contribution in [3.63, 3.8) is 0 Å². The van der Waals surface area contributed by atoms with E-state index in [4.69, 9.17) is 13.6 Å². The van der Waals surface area contributed by atoms with Gasteiger partial charge in [0.1, 0.15) is 5.76 Å². The van der Waals surface area contributed by atoms with Crippen LogP contribution in [-0.2, 0) is 22.0 Å². The number of rotatable bonds is 7. The Balaban J connectivity index is -0.000000582. The predicted molar refractivity (Wildman–Crippen MR) is 253 cm³/mol. The maximum atomic E-state index is 5.73. The number of allylic oxidation sites excluding steroid dienone is 4. The quantitative estimate of drug-likeness (QED) is 0.223. The molecule has 1 aliphatic rings. The van der Waals surface area contributed by atoms with Crippen LogP contribution in [0, 0.1) is 32.5 Å². The first kappa shape index (κ1) is 57.3. The molecule has 54 heavy (non-hydrogen) atoms. The first-order chi connectivity index (χ1) is 24.1. The van der Waals surface area contributed by atoms with Gasteiger partial charge in [-0.15, -0.1) is 11.3 Å². The normalized spacial score (nSPS) is 13.4. The molecule has 0 saturated carbocycles. The monoisotopic (exact) mass is 809 g/mol. The Labute approximate surface area is 349 Å². The highest BCUT2D eigenvalue weighted by Crippen LogP contribution is 2.28. The molecule has 0 atom stereocenters. The molecule has 0 amide bonds. The summed E-state index contributed by atoms with van der Waals surface area (Å²) in [6, 6.07) is 8.27. The van der Waals surface area contributed by atoms with Crippen LogP contribution >= 0.6 is 24.0 Å². The zero-order valence-corrected chi connectivity index (χ0v) is 42.6. The maximum absolute atomic E-state index is 5.73. The lowest BCUT2D eigenvalue weighted by molar-refractivity contribution is 0.116. The second-order valence-electron chi connectivity index (χ2n) is 22.8. The summed E-state index contributed by atoms with van der Waals surface area (Å²) in [6.45, 7) is 48.4. The molecule has 0 unspecified atom stereocenters. The molecule has 318 valence electrons. The molecule has 0 aliphatic heterocycles. The Bertz CT molecular complexity index is 1120. The lowest BCUT2D eigenvalue weighted by Gasteiger charge is -2.25. The van der Waals surface area contributed by atoms with Gasteiger partial charge in [0.15, 0.2) is 8.32 Å². The lowest BCUT2D eigenvalue weighted by atomic mass is 9.88. The largest absolute Gasteiger partial charge is 0.469 e. The fourth-order valence-corrected chi connectivity index (χ4v) is 6.92. The molecule has 2 heterocycles. The zero-order chi connectivity index (χ0) is 43.1. The van der Waals surface area contributed by atoms with E-state index in [2.05, 4.69) is 193 Å². The van der Waals surface area contributed by atoms with Crippen molar-refractivity contribution in [1.82, 2.24) is 0 Å². The fraction of sp³-hybridized carbons (Fsp3) is 0.750. The summed E-state index contributed by atoms with van der Waals surface area (Å²) in [7, 11) is 0.460. The number of hydrogen-bond donors (Lipinski definition) is 1. The van der Waals surface area contributed by atoms with Crippen molar-refractivity contribution in [2.75, 3.05) is 26.1 Å². The van der Waals surface area contributed by atoms with Crippen molar-refractivity contribution in [1.29, 1.82) is 0 Å². The summed E-state index contributed by atoms with van der Waals surface area (Å²) >= 11 is 5.96. The summed E-state index contributed by atoms with van der Waals surface area (Å²) in [5, 5.41) is 2.14. The molecule has 0 aromatic carbocycles. The molecular formula is C48H92O3S2Si. The van der Waals surface area contributed by atoms with Crippen molar-refractivity contribution in [2.24, 2.45) is 32.5 Å². The number of thiol groups is 1. The lowest BCUT2D eigenvalue weighted by Crippen LogP contribution is -2.30. The van der Waals surface area contributed by atoms with E-state index in [0.29, 0.717) is 32.5 Å². The Morgan fingerprint density at radius 3 is 1.43 bits per heavy atom. The van der Waals surface area contributed by atoms with Gasteiger partial charge in [-0.2, -0.15) is 12.6 Å². The van der Waals surface area contributed by atoms with Gasteiger partial charge >= 0.3 is 0 Å². The summed E-state index contributed by atoms with van der Waals surface area (Å²) in [6.07, 6.45) is 14.2. The highest BCUT2D eigenvalue weighted by molar-refractivity contribution is 7.80. The summed E-state index contributed by atoms with van der Waals surface area (Å²) in [4.78, 5) is 1.49. The number of hydrogen-bond acceptors (Lipinski definition) is 5. The Morgan fingerprint density at radius 2 is 1.19 bits per heavy atom. The molecule has 3 rings (SSSR count). The van der Waals surface area contributed by atoms with E-state index in [-0.39, 0.29) is 0 Å². The molecule has 6 heteroatoms. The molecule has 1 aliphatic carbocycles. The van der Waals surface area contributed by atoms with Gasteiger partial charge in [-0.1, -0.05) is 154 Å². The van der Waals surface area contributed by atoms with Gasteiger partial charge in [0.25, 0.3) is 0 Å². The van der Waals surface area contributed by atoms with Crippen LogP contribution in [-0.4, -0.2) is 34.4 Å². The van der Waals surface area contributed by atoms with Crippen molar-refractivity contribution in [3.05, 3.63) is 70.3 Å². The average molecular weight is 809 g/mol. The van der Waals surface area contributed by atoms with E-state index in [0.717, 1.165) is 31.1 Å². The Kier molecular flexibility index (Phi) is 28.4. The van der Waals surface area contributed by atoms with Gasteiger partial charge in [-0.25, -0.2) is 0 Å². The molecule has 0 radical (unpaired) electrons. The Hall–Kier alpha value is -1.05. The maximum Gasteiger partial charge on any atom is 0.183 e. The summed E-state index contributed by atoms with van der Waals surface area (Å²) in [5.74, 6) is 2.08. The number of ether oxygens (including phenoxy) is 1. The third-order valence-electron chi connectivity index (χ3n) is 6.55. The smallest absolute Gasteiger partial charge is 0.183 e. The molecule has 0 bridgehead atoms. The van der Waals surface area contributed by atoms with Crippen molar-refractivity contribution in [3.8, 4) is 0 Å². The third-order valence-corrected chi connectivity index (χ3v) is 8.66. The summed E-state index contributed by atoms with van der Waals surface area (Å²) < 4.78 is 15.8. The van der Waals surface area contributed by atoms with Crippen LogP contribution < -0.4 is 0 Å². The highest BCUT2D eigenvalue weighted by atomic mass is 32.1. The van der Waals surface area contributed by atoms with Gasteiger partial charge in [0.05, 0.1) is 12.9 Å². The minimum absolute atomic E-state index is 0.320. The molecule has 0 fully saturated rings. The molecule has 0 N–H and O–H groups in total. The van der Waals surface area contributed by atoms with Crippen LogP contribution in [0.25, 0.3) is 0 Å². The van der Waals surface area contributed by atoms with E-state index in [1.807, 2.05) is 23.5 Å². The second kappa shape index (κ2) is 26.8. The van der Waals surface area contributed by atoms with Crippen LogP contribution in [0.3, 0.4) is 0 Å². The van der Waals surface area contributed by atoms with Gasteiger partial charge in [-0.05, 0) is 107 Å². The molecular weight excluding hydrogens is 717 g/mol. The first-order valence-electron chi connectivity index (χ1n) is 20.2. The molecule has 2 aromatic heterocycles. The Morgan fingerprint density at radius 1 is 0.667 bits per heavy atom. The van der Waals surface area contributed by atoms with Crippen LogP contribution in [0.5, 0.6) is 0 Å². The number of thiophene rings is 1. The fourth-order valence-electron chi connectivity index (χ4n) is 4.38. The minimum atomic E-state index is -1.27. The molecule has 0 saturated heterocycles. The van der Waals surface area contributed by atoms with Gasteiger partial charge < -0.3 is 13.6 Å². The highest BCUT2D eigenvalue weighted by Gasteiger charge is 2.19. The van der Waals surface area contributed by atoms with Crippen LogP contribution in [0.15, 0.2) is 64.1 Å². The molecule has 3 nitrogen and oxygen atoms in total. The van der Waals surface area contributed by atoms with Crippen molar-refractivity contribution < 1.29 is 13.6 Å².